The smallest absolute Gasteiger partial charge is 0.110 e. The molecule has 2 rings (SSSR count). The molecular formula is C15H26N2S. The fraction of sp³-hybridized carbons (Fsp3) is 0.800. The molecule has 2 nitrogen and oxygen atoms in total. The van der Waals surface area contributed by atoms with E-state index in [1.165, 1.54) is 60.5 Å². The number of hydrogen-bond acceptors (Lipinski definition) is 3. The zero-order chi connectivity index (χ0) is 13.0. The summed E-state index contributed by atoms with van der Waals surface area (Å²) in [5, 5.41) is 1.18. The Hall–Kier alpha value is -0.410. The van der Waals surface area contributed by atoms with Gasteiger partial charge in [-0.1, -0.05) is 39.0 Å². The van der Waals surface area contributed by atoms with Crippen LogP contribution in [0.15, 0.2) is 0 Å². The maximum Gasteiger partial charge on any atom is 0.110 e. The Bertz CT molecular complexity index is 365. The lowest BCUT2D eigenvalue weighted by atomic mass is 9.86. The van der Waals surface area contributed by atoms with Crippen molar-refractivity contribution in [1.29, 1.82) is 0 Å². The molecule has 3 heteroatoms. The van der Waals surface area contributed by atoms with Crippen molar-refractivity contribution >= 4 is 11.3 Å². The number of nitrogens with zero attached hydrogens (tertiary/aromatic N) is 1. The van der Waals surface area contributed by atoms with Gasteiger partial charge in [-0.05, 0) is 32.1 Å². The molecule has 1 aromatic heterocycles. The lowest BCUT2D eigenvalue weighted by molar-refractivity contribution is 0.327. The fourth-order valence-electron chi connectivity index (χ4n) is 2.97. The molecule has 1 aliphatic carbocycles. The Morgan fingerprint density at radius 3 is 2.39 bits per heavy atom. The van der Waals surface area contributed by atoms with Crippen LogP contribution in [0.1, 0.15) is 73.5 Å². The highest BCUT2D eigenvalue weighted by molar-refractivity contribution is 7.11. The van der Waals surface area contributed by atoms with Crippen molar-refractivity contribution in [2.75, 3.05) is 0 Å². The lowest BCUT2D eigenvalue weighted by Gasteiger charge is -2.24. The van der Waals surface area contributed by atoms with E-state index in [-0.39, 0.29) is 6.04 Å². The first-order valence-electron chi connectivity index (χ1n) is 7.44. The summed E-state index contributed by atoms with van der Waals surface area (Å²) >= 11 is 1.82. The molecule has 0 aromatic carbocycles. The van der Waals surface area contributed by atoms with Gasteiger partial charge in [0.25, 0.3) is 0 Å². The zero-order valence-electron chi connectivity index (χ0n) is 11.7. The van der Waals surface area contributed by atoms with Gasteiger partial charge >= 0.3 is 0 Å². The van der Waals surface area contributed by atoms with Crippen molar-refractivity contribution < 1.29 is 0 Å². The third kappa shape index (κ3) is 3.33. The molecule has 1 heterocycles. The van der Waals surface area contributed by atoms with E-state index in [0.717, 1.165) is 6.42 Å². The lowest BCUT2D eigenvalue weighted by Crippen LogP contribution is -2.22. The van der Waals surface area contributed by atoms with Crippen LogP contribution in [0.3, 0.4) is 0 Å². The average Bonchev–Trinajstić information content (AvgIpc) is 2.69. The van der Waals surface area contributed by atoms with Gasteiger partial charge in [-0.3, -0.25) is 0 Å². The Morgan fingerprint density at radius 1 is 1.22 bits per heavy atom. The average molecular weight is 266 g/mol. The van der Waals surface area contributed by atoms with E-state index in [4.69, 9.17) is 10.7 Å². The molecule has 1 atom stereocenters. The van der Waals surface area contributed by atoms with E-state index >= 15 is 0 Å². The SMILES string of the molecule is CCc1nc(C(N)C2CCCCCCC2)sc1C. The van der Waals surface area contributed by atoms with Crippen molar-refractivity contribution in [2.45, 2.75) is 71.3 Å². The van der Waals surface area contributed by atoms with Crippen LogP contribution in [-0.2, 0) is 6.42 Å². The molecule has 1 fully saturated rings. The van der Waals surface area contributed by atoms with Crippen molar-refractivity contribution in [3.8, 4) is 0 Å². The first-order valence-corrected chi connectivity index (χ1v) is 8.25. The van der Waals surface area contributed by atoms with Crippen LogP contribution in [0.2, 0.25) is 0 Å². The van der Waals surface area contributed by atoms with Crippen molar-refractivity contribution in [3.63, 3.8) is 0 Å². The van der Waals surface area contributed by atoms with Crippen LogP contribution < -0.4 is 5.73 Å². The Balaban J connectivity index is 2.05. The molecule has 1 unspecified atom stereocenters. The van der Waals surface area contributed by atoms with Gasteiger partial charge in [0, 0.05) is 4.88 Å². The summed E-state index contributed by atoms with van der Waals surface area (Å²) in [5.41, 5.74) is 7.72. The van der Waals surface area contributed by atoms with Gasteiger partial charge in [-0.15, -0.1) is 11.3 Å². The van der Waals surface area contributed by atoms with Crippen LogP contribution in [0.5, 0.6) is 0 Å². The van der Waals surface area contributed by atoms with Crippen molar-refractivity contribution in [2.24, 2.45) is 11.7 Å². The Morgan fingerprint density at radius 2 is 1.83 bits per heavy atom. The van der Waals surface area contributed by atoms with E-state index < -0.39 is 0 Å². The van der Waals surface area contributed by atoms with E-state index in [1.807, 2.05) is 11.3 Å². The van der Waals surface area contributed by atoms with Gasteiger partial charge in [-0.25, -0.2) is 4.98 Å². The fourth-order valence-corrected chi connectivity index (χ4v) is 4.08. The van der Waals surface area contributed by atoms with Gasteiger partial charge in [0.05, 0.1) is 11.7 Å². The summed E-state index contributed by atoms with van der Waals surface area (Å²) < 4.78 is 0. The molecular weight excluding hydrogens is 240 g/mol. The van der Waals surface area contributed by atoms with Crippen LogP contribution >= 0.6 is 11.3 Å². The summed E-state index contributed by atoms with van der Waals surface area (Å²) in [6, 6.07) is 0.173. The van der Waals surface area contributed by atoms with E-state index in [2.05, 4.69) is 13.8 Å². The second-order valence-electron chi connectivity index (χ2n) is 5.54. The molecule has 0 saturated heterocycles. The van der Waals surface area contributed by atoms with Crippen molar-refractivity contribution in [1.82, 2.24) is 4.98 Å². The Kier molecular flexibility index (Phi) is 5.19. The maximum atomic E-state index is 6.48. The molecule has 0 spiro atoms. The number of aromatic nitrogens is 1. The number of nitrogens with two attached hydrogens (primary N) is 1. The minimum Gasteiger partial charge on any atom is -0.322 e. The molecule has 1 aliphatic rings. The maximum absolute atomic E-state index is 6.48. The summed E-state index contributed by atoms with van der Waals surface area (Å²) in [6.07, 6.45) is 10.5. The molecule has 0 radical (unpaired) electrons. The number of rotatable bonds is 3. The van der Waals surface area contributed by atoms with Gasteiger partial charge in [0.2, 0.25) is 0 Å². The Labute approximate surface area is 115 Å². The van der Waals surface area contributed by atoms with E-state index in [0.29, 0.717) is 5.92 Å². The summed E-state index contributed by atoms with van der Waals surface area (Å²) in [7, 11) is 0. The van der Waals surface area contributed by atoms with Crippen LogP contribution in [0.25, 0.3) is 0 Å². The van der Waals surface area contributed by atoms with E-state index in [9.17, 15) is 0 Å². The normalized spacial score (nSPS) is 20.4. The predicted molar refractivity (Wildman–Crippen MR) is 79.0 cm³/mol. The van der Waals surface area contributed by atoms with Crippen LogP contribution in [0, 0.1) is 12.8 Å². The summed E-state index contributed by atoms with van der Waals surface area (Å²) in [6.45, 7) is 4.35. The van der Waals surface area contributed by atoms with Crippen LogP contribution in [-0.4, -0.2) is 4.98 Å². The number of thiazole rings is 1. The second kappa shape index (κ2) is 6.67. The van der Waals surface area contributed by atoms with Gasteiger partial charge in [-0.2, -0.15) is 0 Å². The molecule has 0 aliphatic heterocycles. The van der Waals surface area contributed by atoms with Crippen molar-refractivity contribution in [3.05, 3.63) is 15.6 Å². The molecule has 2 N–H and O–H groups in total. The third-order valence-corrected chi connectivity index (χ3v) is 5.30. The third-order valence-electron chi connectivity index (χ3n) is 4.19. The predicted octanol–water partition coefficient (Wildman–Crippen LogP) is 4.37. The van der Waals surface area contributed by atoms with Crippen LogP contribution in [0.4, 0.5) is 0 Å². The zero-order valence-corrected chi connectivity index (χ0v) is 12.6. The highest BCUT2D eigenvalue weighted by Crippen LogP contribution is 2.33. The molecule has 18 heavy (non-hydrogen) atoms. The molecule has 0 bridgehead atoms. The summed E-state index contributed by atoms with van der Waals surface area (Å²) in [4.78, 5) is 6.11. The highest BCUT2D eigenvalue weighted by atomic mass is 32.1. The first-order chi connectivity index (χ1) is 8.72. The highest BCUT2D eigenvalue weighted by Gasteiger charge is 2.23. The standard InChI is InChI=1S/C15H26N2S/c1-3-13-11(2)18-15(17-13)14(16)12-9-7-5-4-6-8-10-12/h12,14H,3-10,16H2,1-2H3. The van der Waals surface area contributed by atoms with Gasteiger partial charge in [0.1, 0.15) is 5.01 Å². The topological polar surface area (TPSA) is 38.9 Å². The number of aryl methyl sites for hydroxylation is 2. The monoisotopic (exact) mass is 266 g/mol. The molecule has 1 saturated carbocycles. The second-order valence-corrected chi connectivity index (χ2v) is 6.77. The molecule has 102 valence electrons. The van der Waals surface area contributed by atoms with Gasteiger partial charge in [0.15, 0.2) is 0 Å². The quantitative estimate of drug-likeness (QED) is 0.882. The minimum atomic E-state index is 0.173. The van der Waals surface area contributed by atoms with Gasteiger partial charge < -0.3 is 5.73 Å². The number of hydrogen-bond donors (Lipinski definition) is 1. The minimum absolute atomic E-state index is 0.173. The first kappa shape index (κ1) is 14.0. The van der Waals surface area contributed by atoms with E-state index in [1.54, 1.807) is 0 Å². The molecule has 1 aromatic rings. The molecule has 0 amide bonds. The summed E-state index contributed by atoms with van der Waals surface area (Å²) in [5.74, 6) is 0.653. The largest absolute Gasteiger partial charge is 0.322 e.